The quantitative estimate of drug-likeness (QED) is 0.0354. The van der Waals surface area contributed by atoms with E-state index in [1.807, 2.05) is 6.92 Å². The summed E-state index contributed by atoms with van der Waals surface area (Å²) in [5.41, 5.74) is 0. The number of unbranched alkanes of at least 4 members (excludes halogenated alkanes) is 28. The van der Waals surface area contributed by atoms with Gasteiger partial charge in [-0.15, -0.1) is 0 Å². The number of hydrogen-bond acceptors (Lipinski definition) is 3. The van der Waals surface area contributed by atoms with E-state index in [0.717, 1.165) is 51.0 Å². The van der Waals surface area contributed by atoms with Crippen LogP contribution in [0.5, 0.6) is 0 Å². The zero-order chi connectivity index (χ0) is 49.3. The van der Waals surface area contributed by atoms with E-state index >= 15 is 0 Å². The number of carbonyl (C=O) groups is 1. The fourth-order valence-corrected chi connectivity index (χ4v) is 6.54. The lowest BCUT2D eigenvalue weighted by Gasteiger charge is -2.07. The predicted octanol–water partition coefficient (Wildman–Crippen LogP) is 22.5. The molecule has 2 aliphatic heterocycles. The van der Waals surface area contributed by atoms with Crippen LogP contribution in [-0.4, -0.2) is 32.7 Å². The molecular formula is C61H132O3. The Labute approximate surface area is 410 Å². The second kappa shape index (κ2) is 79.7. The summed E-state index contributed by atoms with van der Waals surface area (Å²) in [6.45, 7) is 35.2. The van der Waals surface area contributed by atoms with Gasteiger partial charge in [0.1, 0.15) is 6.29 Å². The predicted molar refractivity (Wildman–Crippen MR) is 298 cm³/mol. The van der Waals surface area contributed by atoms with Crippen LogP contribution in [0.3, 0.4) is 0 Å². The van der Waals surface area contributed by atoms with Gasteiger partial charge in [-0.3, -0.25) is 0 Å². The van der Waals surface area contributed by atoms with Gasteiger partial charge in [-0.25, -0.2) is 0 Å². The lowest BCUT2D eigenvalue weighted by atomic mass is 10.00. The van der Waals surface area contributed by atoms with Crippen molar-refractivity contribution in [1.82, 2.24) is 0 Å². The third kappa shape index (κ3) is 114. The molecule has 0 saturated carbocycles. The molecule has 3 atom stereocenters. The Morgan fingerprint density at radius 1 is 0.312 bits per heavy atom. The van der Waals surface area contributed by atoms with E-state index in [-0.39, 0.29) is 5.92 Å². The van der Waals surface area contributed by atoms with Crippen molar-refractivity contribution in [3.05, 3.63) is 0 Å². The molecule has 0 amide bonds. The van der Waals surface area contributed by atoms with Crippen LogP contribution >= 0.6 is 0 Å². The topological polar surface area (TPSA) is 42.1 Å². The van der Waals surface area contributed by atoms with Crippen molar-refractivity contribution in [3.8, 4) is 0 Å². The summed E-state index contributed by atoms with van der Waals surface area (Å²) in [5, 5.41) is 0. The molecule has 2 aliphatic rings. The minimum absolute atomic E-state index is 0.273. The van der Waals surface area contributed by atoms with E-state index in [1.165, 1.54) is 244 Å². The zero-order valence-corrected chi connectivity index (χ0v) is 47.9. The first-order chi connectivity index (χ1) is 31.2. The third-order valence-corrected chi connectivity index (χ3v) is 11.6. The van der Waals surface area contributed by atoms with Gasteiger partial charge in [0.05, 0.1) is 26.4 Å². The molecule has 0 aromatic rings. The van der Waals surface area contributed by atoms with Crippen molar-refractivity contribution in [2.75, 3.05) is 26.4 Å². The molecule has 0 aromatic heterocycles. The molecule has 0 bridgehead atoms. The number of carbonyl (C=O) groups excluding carboxylic acids is 1. The first-order valence-electron chi connectivity index (χ1n) is 29.8. The summed E-state index contributed by atoms with van der Waals surface area (Å²) in [7, 11) is 0. The largest absolute Gasteiger partial charge is 0.377 e. The number of aldehydes is 1. The summed E-state index contributed by atoms with van der Waals surface area (Å²) < 4.78 is 9.00. The molecule has 3 nitrogen and oxygen atoms in total. The fraction of sp³-hybridized carbons (Fsp3) is 0.984. The maximum atomic E-state index is 10.3. The summed E-state index contributed by atoms with van der Waals surface area (Å²) in [6, 6.07) is 0. The minimum atomic E-state index is 0.273. The Kier molecular flexibility index (Phi) is 93.5. The van der Waals surface area contributed by atoms with Crippen LogP contribution in [0.2, 0.25) is 0 Å². The molecule has 3 unspecified atom stereocenters. The average molecular weight is 914 g/mol. The third-order valence-electron chi connectivity index (χ3n) is 11.6. The summed E-state index contributed by atoms with van der Waals surface area (Å²) >= 11 is 0. The first kappa shape index (κ1) is 75.1. The van der Waals surface area contributed by atoms with Crippen molar-refractivity contribution < 1.29 is 14.3 Å². The SMILES string of the molecule is C1CO1.C1CO1.CCC.CCC.CCCCCCCCCC.CCCCCCCCCCC(C)C=O.CCCCCCCCCCC(C)CC.CCCCCCCCCCC(C)CC. The second-order valence-electron chi connectivity index (χ2n) is 19.7. The highest BCUT2D eigenvalue weighted by molar-refractivity contribution is 5.52. The van der Waals surface area contributed by atoms with Crippen LogP contribution in [-0.2, 0) is 14.3 Å². The Hall–Kier alpha value is -0.410. The Morgan fingerprint density at radius 2 is 0.484 bits per heavy atom. The standard InChI is InChI=1S/2C14H30.C13H26O.C10H22.2C3H8.2C2H4O/c2*1-4-6-7-8-9-10-11-12-13-14(3)5-2;1-3-4-5-6-7-8-9-10-11-13(2)12-14;1-3-5-7-9-10-8-6-4-2;2*1-3-2;2*1-2-3-1/h2*14H,4-13H2,1-3H3;12-13H,3-11H2,1-2H3;3-10H2,1-2H3;2*3H2,1-2H3;2*1-2H2. The molecule has 2 heterocycles. The molecule has 0 aromatic carbocycles. The molecule has 0 N–H and O–H groups in total. The van der Waals surface area contributed by atoms with E-state index in [2.05, 4.69) is 99.5 Å². The van der Waals surface area contributed by atoms with Crippen molar-refractivity contribution in [1.29, 1.82) is 0 Å². The van der Waals surface area contributed by atoms with Crippen LogP contribution in [0.4, 0.5) is 0 Å². The molecule has 394 valence electrons. The normalized spacial score (nSPS) is 12.9. The van der Waals surface area contributed by atoms with Gasteiger partial charge < -0.3 is 14.3 Å². The molecule has 0 spiro atoms. The lowest BCUT2D eigenvalue weighted by molar-refractivity contribution is -0.110. The van der Waals surface area contributed by atoms with Crippen molar-refractivity contribution >= 4 is 6.29 Å². The van der Waals surface area contributed by atoms with Gasteiger partial charge in [-0.2, -0.15) is 0 Å². The van der Waals surface area contributed by atoms with Gasteiger partial charge in [0.25, 0.3) is 0 Å². The van der Waals surface area contributed by atoms with E-state index < -0.39 is 0 Å². The zero-order valence-electron chi connectivity index (χ0n) is 47.9. The van der Waals surface area contributed by atoms with Gasteiger partial charge >= 0.3 is 0 Å². The van der Waals surface area contributed by atoms with E-state index in [0.29, 0.717) is 0 Å². The smallest absolute Gasteiger partial charge is 0.122 e. The Bertz CT molecular complexity index is 629. The number of hydrogen-bond donors (Lipinski definition) is 0. The highest BCUT2D eigenvalue weighted by Gasteiger charge is 2.00. The van der Waals surface area contributed by atoms with Crippen molar-refractivity contribution in [3.63, 3.8) is 0 Å². The van der Waals surface area contributed by atoms with Crippen molar-refractivity contribution in [2.45, 2.75) is 347 Å². The molecule has 0 aliphatic carbocycles. The van der Waals surface area contributed by atoms with Gasteiger partial charge in [0, 0.05) is 5.92 Å². The van der Waals surface area contributed by atoms with Crippen LogP contribution in [0.1, 0.15) is 347 Å². The second-order valence-corrected chi connectivity index (χ2v) is 19.7. The van der Waals surface area contributed by atoms with Crippen LogP contribution in [0.25, 0.3) is 0 Å². The van der Waals surface area contributed by atoms with Gasteiger partial charge in [0.15, 0.2) is 0 Å². The Balaban J connectivity index is -0.000000161. The average Bonchev–Trinajstić information content (AvgIpc) is 4.21. The van der Waals surface area contributed by atoms with E-state index in [9.17, 15) is 4.79 Å². The number of epoxide rings is 2. The molecule has 2 fully saturated rings. The maximum absolute atomic E-state index is 10.3. The van der Waals surface area contributed by atoms with Gasteiger partial charge in [-0.05, 0) is 18.3 Å². The first-order valence-corrected chi connectivity index (χ1v) is 29.8. The number of rotatable bonds is 37. The summed E-state index contributed by atoms with van der Waals surface area (Å²) in [5.74, 6) is 2.18. The molecule has 2 rings (SSSR count). The number of ether oxygens (including phenoxy) is 2. The fourth-order valence-electron chi connectivity index (χ4n) is 6.54. The molecular weight excluding hydrogens is 781 g/mol. The van der Waals surface area contributed by atoms with Crippen molar-refractivity contribution in [2.24, 2.45) is 17.8 Å². The molecule has 3 heteroatoms. The monoisotopic (exact) mass is 913 g/mol. The maximum Gasteiger partial charge on any atom is 0.122 e. The van der Waals surface area contributed by atoms with Gasteiger partial charge in [-0.1, -0.05) is 341 Å². The van der Waals surface area contributed by atoms with E-state index in [1.54, 1.807) is 0 Å². The Morgan fingerprint density at radius 3 is 0.641 bits per heavy atom. The highest BCUT2D eigenvalue weighted by Crippen LogP contribution is 2.16. The molecule has 2 saturated heterocycles. The highest BCUT2D eigenvalue weighted by atomic mass is 16.6. The van der Waals surface area contributed by atoms with Gasteiger partial charge in [0.2, 0.25) is 0 Å². The van der Waals surface area contributed by atoms with Crippen LogP contribution in [0.15, 0.2) is 0 Å². The summed E-state index contributed by atoms with van der Waals surface area (Å²) in [4.78, 5) is 10.3. The lowest BCUT2D eigenvalue weighted by Crippen LogP contribution is -1.94. The van der Waals surface area contributed by atoms with Crippen LogP contribution in [0, 0.1) is 17.8 Å². The summed E-state index contributed by atoms with van der Waals surface area (Å²) in [6.07, 6.45) is 55.8. The molecule has 64 heavy (non-hydrogen) atoms. The van der Waals surface area contributed by atoms with Crippen LogP contribution < -0.4 is 0 Å². The molecule has 0 radical (unpaired) electrons. The minimum Gasteiger partial charge on any atom is -0.377 e. The van der Waals surface area contributed by atoms with E-state index in [4.69, 9.17) is 0 Å².